The summed E-state index contributed by atoms with van der Waals surface area (Å²) in [7, 11) is -0.384. The number of hydrogen-bond donors (Lipinski definition) is 1. The molecule has 0 spiro atoms. The minimum atomic E-state index is -0.673. The molecule has 1 heterocycles. The van der Waals surface area contributed by atoms with Crippen molar-refractivity contribution in [3.8, 4) is 0 Å². The Balaban J connectivity index is 1.83. The van der Waals surface area contributed by atoms with Gasteiger partial charge in [0, 0.05) is 0 Å². The Bertz CT molecular complexity index is 777. The van der Waals surface area contributed by atoms with Crippen LogP contribution in [0.3, 0.4) is 0 Å². The van der Waals surface area contributed by atoms with Gasteiger partial charge in [0.1, 0.15) is 0 Å². The van der Waals surface area contributed by atoms with E-state index >= 15 is 0 Å². The first-order valence-electron chi connectivity index (χ1n) is 8.84. The molecule has 24 heavy (non-hydrogen) atoms. The maximum atomic E-state index is 10.8. The van der Waals surface area contributed by atoms with Crippen LogP contribution in [0.2, 0.25) is 0 Å². The molecule has 0 amide bonds. The minimum Gasteiger partial charge on any atom is -0.399 e. The van der Waals surface area contributed by atoms with Crippen molar-refractivity contribution in [1.29, 1.82) is 0 Å². The van der Waals surface area contributed by atoms with Gasteiger partial charge in [-0.25, -0.2) is 0 Å². The molecule has 126 valence electrons. The number of hydrogen-bond acceptors (Lipinski definition) is 3. The zero-order valence-electron chi connectivity index (χ0n) is 14.9. The van der Waals surface area contributed by atoms with Crippen LogP contribution < -0.4 is 5.46 Å². The fourth-order valence-corrected chi connectivity index (χ4v) is 3.68. The van der Waals surface area contributed by atoms with Gasteiger partial charge in [0.15, 0.2) is 0 Å². The first kappa shape index (κ1) is 16.1. The predicted molar refractivity (Wildman–Crippen MR) is 97.4 cm³/mol. The van der Waals surface area contributed by atoms with Crippen molar-refractivity contribution in [2.75, 3.05) is 0 Å². The average Bonchev–Trinajstić information content (AvgIpc) is 2.72. The van der Waals surface area contributed by atoms with Crippen LogP contribution in [0, 0.1) is 0 Å². The van der Waals surface area contributed by atoms with Crippen LogP contribution in [0.1, 0.15) is 52.5 Å². The molecule has 2 fully saturated rings. The highest BCUT2D eigenvalue weighted by molar-refractivity contribution is 6.65. The van der Waals surface area contributed by atoms with Crippen molar-refractivity contribution >= 4 is 23.4 Å². The van der Waals surface area contributed by atoms with Gasteiger partial charge in [-0.15, -0.1) is 0 Å². The average molecular weight is 324 g/mol. The van der Waals surface area contributed by atoms with E-state index in [2.05, 4.69) is 52.0 Å². The predicted octanol–water partition coefficient (Wildman–Crippen LogP) is 3.51. The molecule has 4 rings (SSSR count). The van der Waals surface area contributed by atoms with Crippen molar-refractivity contribution in [2.24, 2.45) is 0 Å². The smallest absolute Gasteiger partial charge is 0.399 e. The molecule has 0 aromatic heterocycles. The molecule has 3 nitrogen and oxygen atoms in total. The molecular weight excluding hydrogens is 299 g/mol. The van der Waals surface area contributed by atoms with E-state index in [1.165, 1.54) is 0 Å². The minimum absolute atomic E-state index is 0.358. The van der Waals surface area contributed by atoms with Crippen LogP contribution in [0.5, 0.6) is 0 Å². The molecule has 1 N–H and O–H groups in total. The van der Waals surface area contributed by atoms with Crippen molar-refractivity contribution < 1.29 is 14.4 Å². The van der Waals surface area contributed by atoms with Gasteiger partial charge in [0.25, 0.3) is 0 Å². The third kappa shape index (κ3) is 2.24. The van der Waals surface area contributed by atoms with Crippen LogP contribution in [-0.2, 0) is 14.9 Å². The summed E-state index contributed by atoms with van der Waals surface area (Å²) in [6, 6.07) is 12.4. The monoisotopic (exact) mass is 324 g/mol. The molecule has 1 saturated carbocycles. The zero-order chi connectivity index (χ0) is 17.2. The second kappa shape index (κ2) is 5.07. The molecule has 0 bridgehead atoms. The quantitative estimate of drug-likeness (QED) is 0.859. The van der Waals surface area contributed by atoms with Crippen LogP contribution in [0.25, 0.3) is 10.8 Å². The number of rotatable bonds is 2. The molecule has 2 aliphatic rings. The second-order valence-electron chi connectivity index (χ2n) is 8.22. The summed E-state index contributed by atoms with van der Waals surface area (Å²) in [5, 5.41) is 13.0. The lowest BCUT2D eigenvalue weighted by atomic mass is 9.70. The van der Waals surface area contributed by atoms with Gasteiger partial charge in [0.2, 0.25) is 0 Å². The molecule has 1 saturated heterocycles. The number of benzene rings is 2. The molecule has 2 aromatic rings. The summed E-state index contributed by atoms with van der Waals surface area (Å²) in [5.74, 6) is 0. The summed E-state index contributed by atoms with van der Waals surface area (Å²) in [4.78, 5) is 0. The summed E-state index contributed by atoms with van der Waals surface area (Å²) < 4.78 is 12.5. The lowest BCUT2D eigenvalue weighted by molar-refractivity contribution is -0.0374. The fourth-order valence-electron chi connectivity index (χ4n) is 3.68. The highest BCUT2D eigenvalue weighted by atomic mass is 16.7. The van der Waals surface area contributed by atoms with Gasteiger partial charge in [0.05, 0.1) is 16.8 Å². The van der Waals surface area contributed by atoms with Crippen LogP contribution in [0.4, 0.5) is 0 Å². The maximum absolute atomic E-state index is 10.8. The van der Waals surface area contributed by atoms with E-state index in [1.807, 2.05) is 12.1 Å². The Morgan fingerprint density at radius 1 is 0.875 bits per heavy atom. The molecule has 1 aliphatic carbocycles. The SMILES string of the molecule is CC1(C)OB(c2ccc(C3(O)CCC3)c3ccccc23)OC1(C)C. The first-order valence-corrected chi connectivity index (χ1v) is 8.84. The summed E-state index contributed by atoms with van der Waals surface area (Å²) in [6.45, 7) is 8.28. The van der Waals surface area contributed by atoms with Gasteiger partial charge in [-0.3, -0.25) is 0 Å². The van der Waals surface area contributed by atoms with Crippen molar-refractivity contribution in [2.45, 2.75) is 63.8 Å². The van der Waals surface area contributed by atoms with E-state index in [0.717, 1.165) is 41.1 Å². The number of aliphatic hydroxyl groups is 1. The summed E-state index contributed by atoms with van der Waals surface area (Å²) >= 11 is 0. The highest BCUT2D eigenvalue weighted by Crippen LogP contribution is 2.44. The fraction of sp³-hybridized carbons (Fsp3) is 0.500. The van der Waals surface area contributed by atoms with Gasteiger partial charge in [-0.1, -0.05) is 36.4 Å². The molecule has 0 atom stereocenters. The highest BCUT2D eigenvalue weighted by Gasteiger charge is 2.52. The van der Waals surface area contributed by atoms with E-state index < -0.39 is 5.60 Å². The second-order valence-corrected chi connectivity index (χ2v) is 8.22. The molecular formula is C20H25BO3. The Hall–Kier alpha value is -1.36. The zero-order valence-corrected chi connectivity index (χ0v) is 14.9. The maximum Gasteiger partial charge on any atom is 0.495 e. The van der Waals surface area contributed by atoms with E-state index in [1.54, 1.807) is 0 Å². The molecule has 4 heteroatoms. The molecule has 1 aliphatic heterocycles. The standard InChI is InChI=1S/C20H25BO3/c1-18(2)19(3,4)24-21(23-18)17-11-10-16(20(22)12-7-13-20)14-8-5-6-9-15(14)17/h5-6,8-11,22H,7,12-13H2,1-4H3. The normalized spacial score (nSPS) is 24.1. The first-order chi connectivity index (χ1) is 11.2. The van der Waals surface area contributed by atoms with Crippen molar-refractivity contribution in [3.63, 3.8) is 0 Å². The van der Waals surface area contributed by atoms with E-state index in [9.17, 15) is 5.11 Å². The van der Waals surface area contributed by atoms with Gasteiger partial charge >= 0.3 is 7.12 Å². The van der Waals surface area contributed by atoms with Crippen LogP contribution >= 0.6 is 0 Å². The van der Waals surface area contributed by atoms with Crippen molar-refractivity contribution in [3.05, 3.63) is 42.0 Å². The van der Waals surface area contributed by atoms with E-state index in [-0.39, 0.29) is 18.3 Å². The lowest BCUT2D eigenvalue weighted by Crippen LogP contribution is -2.41. The Kier molecular flexibility index (Phi) is 3.41. The largest absolute Gasteiger partial charge is 0.495 e. The summed E-state index contributed by atoms with van der Waals surface area (Å²) in [5.41, 5.74) is 0.682. The molecule has 2 aromatic carbocycles. The van der Waals surface area contributed by atoms with E-state index in [0.29, 0.717) is 0 Å². The van der Waals surface area contributed by atoms with E-state index in [4.69, 9.17) is 9.31 Å². The Morgan fingerprint density at radius 2 is 1.46 bits per heavy atom. The lowest BCUT2D eigenvalue weighted by Gasteiger charge is -2.38. The third-order valence-electron chi connectivity index (χ3n) is 6.15. The van der Waals surface area contributed by atoms with Gasteiger partial charge in [-0.2, -0.15) is 0 Å². The molecule has 0 unspecified atom stereocenters. The van der Waals surface area contributed by atoms with Crippen LogP contribution in [0.15, 0.2) is 36.4 Å². The Labute approximate surface area is 144 Å². The van der Waals surface area contributed by atoms with Gasteiger partial charge < -0.3 is 14.4 Å². The van der Waals surface area contributed by atoms with Crippen LogP contribution in [-0.4, -0.2) is 23.4 Å². The Morgan fingerprint density at radius 3 is 2.00 bits per heavy atom. The number of fused-ring (bicyclic) bond motifs is 1. The third-order valence-corrected chi connectivity index (χ3v) is 6.15. The van der Waals surface area contributed by atoms with Crippen molar-refractivity contribution in [1.82, 2.24) is 0 Å². The topological polar surface area (TPSA) is 38.7 Å². The van der Waals surface area contributed by atoms with Gasteiger partial charge in [-0.05, 0) is 68.8 Å². The summed E-state index contributed by atoms with van der Waals surface area (Å²) in [6.07, 6.45) is 2.77. The molecule has 0 radical (unpaired) electrons.